The van der Waals surface area contributed by atoms with Crippen molar-refractivity contribution in [3.8, 4) is 22.8 Å². The Bertz CT molecular complexity index is 1160. The lowest BCUT2D eigenvalue weighted by Gasteiger charge is -2.14. The predicted octanol–water partition coefficient (Wildman–Crippen LogP) is 3.57. The van der Waals surface area contributed by atoms with E-state index in [1.54, 1.807) is 31.3 Å². The Kier molecular flexibility index (Phi) is 6.07. The number of aromatic nitrogens is 2. The van der Waals surface area contributed by atoms with Crippen LogP contribution in [0.4, 0.5) is 10.1 Å². The molecule has 0 spiro atoms. The molecule has 0 radical (unpaired) electrons. The highest BCUT2D eigenvalue weighted by atomic mass is 19.1. The Morgan fingerprint density at radius 2 is 1.91 bits per heavy atom. The lowest BCUT2D eigenvalue weighted by Crippen LogP contribution is -2.30. The summed E-state index contributed by atoms with van der Waals surface area (Å²) in [7, 11) is 1.68. The molecule has 0 unspecified atom stereocenters. The molecule has 0 fully saturated rings. The van der Waals surface area contributed by atoms with E-state index < -0.39 is 23.8 Å². The number of esters is 1. The molecule has 9 heteroatoms. The first kappa shape index (κ1) is 21.4. The van der Waals surface area contributed by atoms with E-state index in [0.717, 1.165) is 6.42 Å². The van der Waals surface area contributed by atoms with Crippen molar-refractivity contribution in [2.45, 2.75) is 19.4 Å². The number of anilines is 1. The normalized spacial score (nSPS) is 13.7. The number of para-hydroxylation sites is 1. The number of amides is 1. The molecule has 8 nitrogen and oxygen atoms in total. The zero-order chi connectivity index (χ0) is 22.7. The highest BCUT2D eigenvalue weighted by Gasteiger charge is 2.25. The molecule has 1 aromatic heterocycles. The second-order valence-electron chi connectivity index (χ2n) is 7.29. The first-order chi connectivity index (χ1) is 15.4. The van der Waals surface area contributed by atoms with Gasteiger partial charge in [0.2, 0.25) is 0 Å². The number of hydrogen-bond donors (Lipinski definition) is 1. The zero-order valence-electron chi connectivity index (χ0n) is 17.6. The van der Waals surface area contributed by atoms with Gasteiger partial charge in [-0.25, -0.2) is 9.18 Å². The number of nitrogens with one attached hydrogen (secondary N) is 1. The summed E-state index contributed by atoms with van der Waals surface area (Å²) in [6, 6.07) is 11.1. The Hall–Kier alpha value is -3.88. The summed E-state index contributed by atoms with van der Waals surface area (Å²) >= 11 is 0. The molecule has 0 saturated heterocycles. The zero-order valence-corrected chi connectivity index (χ0v) is 17.6. The van der Waals surface area contributed by atoms with Gasteiger partial charge in [0.25, 0.3) is 5.91 Å². The largest absolute Gasteiger partial charge is 0.490 e. The van der Waals surface area contributed by atoms with E-state index in [1.807, 2.05) is 0 Å². The SMILES string of the molecule is C[C@@H](OC(=O)c1cn(C)nc1-c1ccc2c(c1)OCCCO2)C(=O)Nc1ccccc1F. The molecule has 1 aliphatic heterocycles. The highest BCUT2D eigenvalue weighted by Crippen LogP contribution is 2.35. The lowest BCUT2D eigenvalue weighted by atomic mass is 10.1. The van der Waals surface area contributed by atoms with Crippen LogP contribution in [0, 0.1) is 5.82 Å². The van der Waals surface area contributed by atoms with Gasteiger partial charge in [-0.2, -0.15) is 5.10 Å². The van der Waals surface area contributed by atoms with Gasteiger partial charge in [-0.3, -0.25) is 9.48 Å². The van der Waals surface area contributed by atoms with Crippen molar-refractivity contribution in [2.24, 2.45) is 7.05 Å². The number of benzene rings is 2. The Morgan fingerprint density at radius 3 is 2.69 bits per heavy atom. The topological polar surface area (TPSA) is 91.7 Å². The molecule has 1 N–H and O–H groups in total. The monoisotopic (exact) mass is 439 g/mol. The number of rotatable bonds is 5. The van der Waals surface area contributed by atoms with E-state index in [4.69, 9.17) is 14.2 Å². The van der Waals surface area contributed by atoms with Gasteiger partial charge in [0.1, 0.15) is 17.1 Å². The van der Waals surface area contributed by atoms with E-state index in [0.29, 0.717) is 36.0 Å². The fraction of sp³-hybridized carbons (Fsp3) is 0.261. The lowest BCUT2D eigenvalue weighted by molar-refractivity contribution is -0.123. The fourth-order valence-corrected chi connectivity index (χ4v) is 3.24. The van der Waals surface area contributed by atoms with Crippen molar-refractivity contribution < 1.29 is 28.2 Å². The minimum absolute atomic E-state index is 0.00895. The number of nitrogens with zero attached hydrogens (tertiary/aromatic N) is 2. The summed E-state index contributed by atoms with van der Waals surface area (Å²) in [6.45, 7) is 2.51. The van der Waals surface area contributed by atoms with Crippen LogP contribution in [-0.2, 0) is 16.6 Å². The number of hydrogen-bond acceptors (Lipinski definition) is 6. The molecule has 4 rings (SSSR count). The molecular weight excluding hydrogens is 417 g/mol. The summed E-state index contributed by atoms with van der Waals surface area (Å²) in [6.07, 6.45) is 1.14. The first-order valence-electron chi connectivity index (χ1n) is 10.1. The molecule has 1 amide bonds. The second-order valence-corrected chi connectivity index (χ2v) is 7.29. The minimum atomic E-state index is -1.15. The van der Waals surface area contributed by atoms with Crippen LogP contribution in [0.1, 0.15) is 23.7 Å². The molecule has 0 aliphatic carbocycles. The Balaban J connectivity index is 1.52. The second kappa shape index (κ2) is 9.09. The third kappa shape index (κ3) is 4.56. The van der Waals surface area contributed by atoms with Gasteiger partial charge >= 0.3 is 5.97 Å². The van der Waals surface area contributed by atoms with E-state index in [1.165, 1.54) is 36.0 Å². The van der Waals surface area contributed by atoms with Gasteiger partial charge in [0.05, 0.1) is 18.9 Å². The van der Waals surface area contributed by atoms with Gasteiger partial charge in [-0.1, -0.05) is 12.1 Å². The van der Waals surface area contributed by atoms with E-state index >= 15 is 0 Å². The van der Waals surface area contributed by atoms with E-state index in [-0.39, 0.29) is 11.3 Å². The Morgan fingerprint density at radius 1 is 1.16 bits per heavy atom. The molecule has 32 heavy (non-hydrogen) atoms. The smallest absolute Gasteiger partial charge is 0.342 e. The number of aryl methyl sites for hydroxylation is 1. The van der Waals surface area contributed by atoms with Crippen molar-refractivity contribution in [1.29, 1.82) is 0 Å². The van der Waals surface area contributed by atoms with Gasteiger partial charge in [0.15, 0.2) is 17.6 Å². The van der Waals surface area contributed by atoms with Crippen LogP contribution in [0.5, 0.6) is 11.5 Å². The summed E-state index contributed by atoms with van der Waals surface area (Å²) in [5.41, 5.74) is 1.22. The number of ether oxygens (including phenoxy) is 3. The van der Waals surface area contributed by atoms with Gasteiger partial charge in [-0.15, -0.1) is 0 Å². The highest BCUT2D eigenvalue weighted by molar-refractivity contribution is 6.00. The predicted molar refractivity (Wildman–Crippen MR) is 114 cm³/mol. The van der Waals surface area contributed by atoms with Crippen LogP contribution in [0.3, 0.4) is 0 Å². The maximum Gasteiger partial charge on any atom is 0.342 e. The molecule has 1 aliphatic rings. The van der Waals surface area contributed by atoms with E-state index in [9.17, 15) is 14.0 Å². The van der Waals surface area contributed by atoms with Crippen LogP contribution < -0.4 is 14.8 Å². The van der Waals surface area contributed by atoms with Crippen molar-refractivity contribution in [1.82, 2.24) is 9.78 Å². The van der Waals surface area contributed by atoms with Crippen molar-refractivity contribution in [3.63, 3.8) is 0 Å². The van der Waals surface area contributed by atoms with Crippen LogP contribution in [0.25, 0.3) is 11.3 Å². The average Bonchev–Trinajstić information content (AvgIpc) is 3.02. The maximum atomic E-state index is 13.8. The molecule has 1 atom stereocenters. The average molecular weight is 439 g/mol. The maximum absolute atomic E-state index is 13.8. The third-order valence-corrected chi connectivity index (χ3v) is 4.85. The molecule has 166 valence electrons. The molecular formula is C23H22FN3O5. The van der Waals surface area contributed by atoms with Crippen LogP contribution in [0.15, 0.2) is 48.7 Å². The number of fused-ring (bicyclic) bond motifs is 1. The first-order valence-corrected chi connectivity index (χ1v) is 10.1. The van der Waals surface area contributed by atoms with Crippen LogP contribution in [-0.4, -0.2) is 41.0 Å². The summed E-state index contributed by atoms with van der Waals surface area (Å²) in [5.74, 6) is -0.753. The summed E-state index contributed by atoms with van der Waals surface area (Å²) in [4.78, 5) is 25.2. The molecule has 3 aromatic rings. The minimum Gasteiger partial charge on any atom is -0.490 e. The molecule has 2 aromatic carbocycles. The van der Waals surface area contributed by atoms with Gasteiger partial charge in [0, 0.05) is 25.2 Å². The van der Waals surface area contributed by atoms with Crippen molar-refractivity contribution >= 4 is 17.6 Å². The third-order valence-electron chi connectivity index (χ3n) is 4.85. The summed E-state index contributed by atoms with van der Waals surface area (Å²) in [5, 5.41) is 6.79. The van der Waals surface area contributed by atoms with Crippen LogP contribution in [0.2, 0.25) is 0 Å². The number of carbonyl (C=O) groups is 2. The molecule has 0 bridgehead atoms. The number of carbonyl (C=O) groups excluding carboxylic acids is 2. The summed E-state index contributed by atoms with van der Waals surface area (Å²) < 4.78 is 32.0. The molecule has 0 saturated carbocycles. The van der Waals surface area contributed by atoms with Crippen LogP contribution >= 0.6 is 0 Å². The molecule has 2 heterocycles. The standard InChI is InChI=1S/C23H22FN3O5/c1-14(22(28)25-18-7-4-3-6-17(18)24)32-23(29)16-13-27(2)26-21(16)15-8-9-19-20(12-15)31-11-5-10-30-19/h3-4,6-9,12-14H,5,10-11H2,1-2H3,(H,25,28)/t14-/m1/s1. The van der Waals surface area contributed by atoms with Gasteiger partial charge in [-0.05, 0) is 37.3 Å². The fourth-order valence-electron chi connectivity index (χ4n) is 3.24. The van der Waals surface area contributed by atoms with Crippen molar-refractivity contribution in [3.05, 3.63) is 60.0 Å². The van der Waals surface area contributed by atoms with Crippen molar-refractivity contribution in [2.75, 3.05) is 18.5 Å². The van der Waals surface area contributed by atoms with Gasteiger partial charge < -0.3 is 19.5 Å². The van der Waals surface area contributed by atoms with E-state index in [2.05, 4.69) is 10.4 Å². The Labute approximate surface area is 183 Å². The number of halogens is 1. The quantitative estimate of drug-likeness (QED) is 0.611.